The van der Waals surface area contributed by atoms with Gasteiger partial charge in [0.15, 0.2) is 0 Å². The van der Waals surface area contributed by atoms with Crippen LogP contribution in [0.25, 0.3) is 0 Å². The number of aromatic nitrogens is 1. The second kappa shape index (κ2) is 5.68. The number of methoxy groups -OCH3 is 1. The fourth-order valence-corrected chi connectivity index (χ4v) is 1.88. The molecule has 0 spiro atoms. The van der Waals surface area contributed by atoms with Gasteiger partial charge in [-0.25, -0.2) is 13.6 Å². The maximum atomic E-state index is 12.7. The SMILES string of the molecule is COC(=O)c1c(C#N)cnc(C(F)F)c1CBr. The molecule has 0 aliphatic rings. The van der Waals surface area contributed by atoms with E-state index in [2.05, 4.69) is 25.7 Å². The summed E-state index contributed by atoms with van der Waals surface area (Å²) < 4.78 is 29.8. The molecule has 0 fully saturated rings. The van der Waals surface area contributed by atoms with E-state index in [0.29, 0.717) is 0 Å². The standard InChI is InChI=1S/C10H7BrF2N2O2/c1-17-10(16)7-5(3-14)4-15-8(9(12)13)6(7)2-11/h4,9H,2H2,1H3. The highest BCUT2D eigenvalue weighted by atomic mass is 79.9. The molecule has 0 N–H and O–H groups in total. The first kappa shape index (κ1) is 13.5. The number of esters is 1. The number of nitriles is 1. The van der Waals surface area contributed by atoms with Gasteiger partial charge in [0, 0.05) is 17.1 Å². The van der Waals surface area contributed by atoms with Crippen LogP contribution >= 0.6 is 15.9 Å². The molecule has 1 rings (SSSR count). The highest BCUT2D eigenvalue weighted by Gasteiger charge is 2.24. The molecule has 1 aromatic heterocycles. The molecule has 17 heavy (non-hydrogen) atoms. The molecule has 0 radical (unpaired) electrons. The lowest BCUT2D eigenvalue weighted by molar-refractivity contribution is 0.0598. The Bertz CT molecular complexity index is 486. The predicted octanol–water partition coefficient (Wildman–Crippen LogP) is 2.57. The van der Waals surface area contributed by atoms with Crippen LogP contribution in [0.2, 0.25) is 0 Å². The topological polar surface area (TPSA) is 63.0 Å². The number of carbonyl (C=O) groups excluding carboxylic acids is 1. The van der Waals surface area contributed by atoms with Gasteiger partial charge in [-0.1, -0.05) is 15.9 Å². The average molecular weight is 305 g/mol. The summed E-state index contributed by atoms with van der Waals surface area (Å²) in [6.07, 6.45) is -1.88. The van der Waals surface area contributed by atoms with Crippen molar-refractivity contribution < 1.29 is 18.3 Å². The van der Waals surface area contributed by atoms with Crippen molar-refractivity contribution in [3.05, 3.63) is 28.6 Å². The Labute approximate surface area is 104 Å². The van der Waals surface area contributed by atoms with Crippen LogP contribution in [0.4, 0.5) is 8.78 Å². The highest BCUT2D eigenvalue weighted by molar-refractivity contribution is 9.08. The largest absolute Gasteiger partial charge is 0.465 e. The van der Waals surface area contributed by atoms with E-state index in [1.54, 1.807) is 6.07 Å². The zero-order valence-electron chi connectivity index (χ0n) is 8.71. The number of nitrogens with zero attached hydrogens (tertiary/aromatic N) is 2. The van der Waals surface area contributed by atoms with Gasteiger partial charge < -0.3 is 4.74 Å². The molecule has 0 atom stereocenters. The maximum absolute atomic E-state index is 12.7. The molecule has 4 nitrogen and oxygen atoms in total. The third kappa shape index (κ3) is 2.58. The zero-order valence-corrected chi connectivity index (χ0v) is 10.3. The third-order valence-electron chi connectivity index (χ3n) is 2.06. The van der Waals surface area contributed by atoms with Crippen LogP contribution in [0.15, 0.2) is 6.20 Å². The summed E-state index contributed by atoms with van der Waals surface area (Å²) in [6, 6.07) is 1.72. The van der Waals surface area contributed by atoms with Crippen LogP contribution < -0.4 is 0 Å². The molecule has 0 saturated carbocycles. The molecule has 0 aliphatic heterocycles. The fourth-order valence-electron chi connectivity index (χ4n) is 1.31. The second-order valence-corrected chi connectivity index (χ2v) is 3.51. The molecular weight excluding hydrogens is 298 g/mol. The van der Waals surface area contributed by atoms with Crippen molar-refractivity contribution in [1.29, 1.82) is 5.26 Å². The lowest BCUT2D eigenvalue weighted by Crippen LogP contribution is -2.12. The van der Waals surface area contributed by atoms with Gasteiger partial charge in [-0.3, -0.25) is 4.98 Å². The molecule has 0 bridgehead atoms. The van der Waals surface area contributed by atoms with Gasteiger partial charge in [0.2, 0.25) is 0 Å². The van der Waals surface area contributed by atoms with Crippen molar-refractivity contribution in [1.82, 2.24) is 4.98 Å². The number of rotatable bonds is 3. The summed E-state index contributed by atoms with van der Waals surface area (Å²) in [5, 5.41) is 8.80. The van der Waals surface area contributed by atoms with Gasteiger partial charge in [0.1, 0.15) is 11.8 Å². The molecule has 90 valence electrons. The van der Waals surface area contributed by atoms with Crippen LogP contribution in [0.1, 0.15) is 33.6 Å². The van der Waals surface area contributed by atoms with Crippen molar-refractivity contribution in [3.8, 4) is 6.07 Å². The van der Waals surface area contributed by atoms with Crippen molar-refractivity contribution in [2.45, 2.75) is 11.8 Å². The van der Waals surface area contributed by atoms with E-state index in [0.717, 1.165) is 13.3 Å². The molecule has 0 aromatic carbocycles. The molecule has 0 amide bonds. The lowest BCUT2D eigenvalue weighted by atomic mass is 10.0. The normalized spacial score (nSPS) is 10.1. The van der Waals surface area contributed by atoms with E-state index >= 15 is 0 Å². The lowest BCUT2D eigenvalue weighted by Gasteiger charge is -2.11. The van der Waals surface area contributed by atoms with Crippen molar-refractivity contribution in [2.75, 3.05) is 7.11 Å². The zero-order chi connectivity index (χ0) is 13.0. The molecule has 7 heteroatoms. The molecule has 0 saturated heterocycles. The van der Waals surface area contributed by atoms with Gasteiger partial charge in [0.25, 0.3) is 6.43 Å². The Morgan fingerprint density at radius 3 is 2.76 bits per heavy atom. The van der Waals surface area contributed by atoms with E-state index in [1.807, 2.05) is 0 Å². The number of hydrogen-bond acceptors (Lipinski definition) is 4. The van der Waals surface area contributed by atoms with E-state index in [9.17, 15) is 13.6 Å². The minimum absolute atomic E-state index is 0.0143. The summed E-state index contributed by atoms with van der Waals surface area (Å²) >= 11 is 3.00. The number of hydrogen-bond donors (Lipinski definition) is 0. The van der Waals surface area contributed by atoms with E-state index in [1.165, 1.54) is 0 Å². The Hall–Kier alpha value is -1.55. The monoisotopic (exact) mass is 304 g/mol. The summed E-state index contributed by atoms with van der Waals surface area (Å²) in [5.41, 5.74) is -0.806. The summed E-state index contributed by atoms with van der Waals surface area (Å²) in [6.45, 7) is 0. The quantitative estimate of drug-likeness (QED) is 0.636. The molecule has 1 aromatic rings. The van der Waals surface area contributed by atoms with Gasteiger partial charge >= 0.3 is 5.97 Å². The van der Waals surface area contributed by atoms with E-state index < -0.39 is 18.1 Å². The number of halogens is 3. The predicted molar refractivity (Wildman–Crippen MR) is 57.9 cm³/mol. The van der Waals surface area contributed by atoms with Crippen molar-refractivity contribution >= 4 is 21.9 Å². The van der Waals surface area contributed by atoms with Crippen LogP contribution in [0, 0.1) is 11.3 Å². The van der Waals surface area contributed by atoms with Crippen LogP contribution in [-0.4, -0.2) is 18.1 Å². The molecular formula is C10H7BrF2N2O2. The second-order valence-electron chi connectivity index (χ2n) is 2.95. The maximum Gasteiger partial charge on any atom is 0.339 e. The molecule has 0 aliphatic carbocycles. The van der Waals surface area contributed by atoms with Crippen LogP contribution in [0.5, 0.6) is 0 Å². The first-order chi connectivity index (χ1) is 8.06. The molecule has 1 heterocycles. The van der Waals surface area contributed by atoms with Crippen molar-refractivity contribution in [3.63, 3.8) is 0 Å². The Kier molecular flexibility index (Phi) is 4.52. The van der Waals surface area contributed by atoms with Crippen LogP contribution in [0.3, 0.4) is 0 Å². The summed E-state index contributed by atoms with van der Waals surface area (Å²) in [5.74, 6) is -0.833. The minimum atomic E-state index is -2.82. The Morgan fingerprint density at radius 1 is 1.71 bits per heavy atom. The smallest absolute Gasteiger partial charge is 0.339 e. The number of ether oxygens (including phenoxy) is 1. The highest BCUT2D eigenvalue weighted by Crippen LogP contribution is 2.27. The Morgan fingerprint density at radius 2 is 2.35 bits per heavy atom. The van der Waals surface area contributed by atoms with Gasteiger partial charge in [-0.2, -0.15) is 5.26 Å². The van der Waals surface area contributed by atoms with Crippen molar-refractivity contribution in [2.24, 2.45) is 0 Å². The number of pyridine rings is 1. The fraction of sp³-hybridized carbons (Fsp3) is 0.300. The minimum Gasteiger partial charge on any atom is -0.465 e. The third-order valence-corrected chi connectivity index (χ3v) is 2.62. The number of carbonyl (C=O) groups is 1. The van der Waals surface area contributed by atoms with E-state index in [4.69, 9.17) is 5.26 Å². The van der Waals surface area contributed by atoms with Crippen LogP contribution in [-0.2, 0) is 10.1 Å². The summed E-state index contributed by atoms with van der Waals surface area (Å²) in [7, 11) is 1.12. The average Bonchev–Trinajstić information content (AvgIpc) is 2.35. The number of alkyl halides is 3. The van der Waals surface area contributed by atoms with Gasteiger partial charge in [-0.15, -0.1) is 0 Å². The van der Waals surface area contributed by atoms with E-state index in [-0.39, 0.29) is 22.0 Å². The van der Waals surface area contributed by atoms with Gasteiger partial charge in [-0.05, 0) is 0 Å². The first-order valence-electron chi connectivity index (χ1n) is 4.41. The molecule has 0 unspecified atom stereocenters. The van der Waals surface area contributed by atoms with Gasteiger partial charge in [0.05, 0.1) is 18.2 Å². The summed E-state index contributed by atoms with van der Waals surface area (Å²) in [4.78, 5) is 15.0. The Balaban J connectivity index is 3.56. The first-order valence-corrected chi connectivity index (χ1v) is 5.53.